The van der Waals surface area contributed by atoms with Gasteiger partial charge in [-0.25, -0.2) is 4.98 Å². The molecular formula is C18H22N3O4S-. The number of hydrogen-bond donors (Lipinski definition) is 1. The van der Waals surface area contributed by atoms with E-state index in [1.165, 1.54) is 13.2 Å². The highest BCUT2D eigenvalue weighted by atomic mass is 32.2. The summed E-state index contributed by atoms with van der Waals surface area (Å²) in [6.45, 7) is 5.87. The van der Waals surface area contributed by atoms with Crippen LogP contribution in [0.5, 0.6) is 11.5 Å². The molecule has 2 rings (SSSR count). The molecule has 2 aromatic rings. The van der Waals surface area contributed by atoms with E-state index >= 15 is 0 Å². The van der Waals surface area contributed by atoms with Crippen LogP contribution in [0.4, 0.5) is 0 Å². The Hall–Kier alpha value is -2.48. The molecule has 1 N–H and O–H groups in total. The maximum Gasteiger partial charge on any atom is 0.213 e. The predicted octanol–water partition coefficient (Wildman–Crippen LogP) is 2.44. The Morgan fingerprint density at radius 1 is 1.38 bits per heavy atom. The minimum Gasteiger partial charge on any atom is -0.544 e. The van der Waals surface area contributed by atoms with Crippen molar-refractivity contribution in [2.45, 2.75) is 44.9 Å². The summed E-state index contributed by atoms with van der Waals surface area (Å²) in [4.78, 5) is 15.8. The Kier molecular flexibility index (Phi) is 7.08. The van der Waals surface area contributed by atoms with Crippen molar-refractivity contribution in [3.8, 4) is 11.5 Å². The highest BCUT2D eigenvalue weighted by Crippen LogP contribution is 2.31. The van der Waals surface area contributed by atoms with Crippen molar-refractivity contribution in [3.63, 3.8) is 0 Å². The number of aliphatic carboxylic acids is 1. The van der Waals surface area contributed by atoms with E-state index in [4.69, 9.17) is 9.47 Å². The fraction of sp³-hybridized carbons (Fsp3) is 0.389. The van der Waals surface area contributed by atoms with Gasteiger partial charge < -0.3 is 19.4 Å². The van der Waals surface area contributed by atoms with Crippen molar-refractivity contribution < 1.29 is 19.4 Å². The third kappa shape index (κ3) is 5.52. The molecule has 1 heterocycles. The van der Waals surface area contributed by atoms with Crippen molar-refractivity contribution in [2.75, 3.05) is 7.11 Å². The summed E-state index contributed by atoms with van der Waals surface area (Å²) in [5, 5.41) is 18.7. The number of carbonyl (C=O) groups is 1. The van der Waals surface area contributed by atoms with Crippen LogP contribution in [0.25, 0.3) is 6.08 Å². The van der Waals surface area contributed by atoms with Crippen LogP contribution in [0, 0.1) is 0 Å². The quantitative estimate of drug-likeness (QED) is 0.530. The number of nitrogens with zero attached hydrogens (tertiary/aromatic N) is 2. The number of benzene rings is 1. The van der Waals surface area contributed by atoms with Crippen LogP contribution in [-0.2, 0) is 11.2 Å². The number of thioether (sulfide) groups is 1. The summed E-state index contributed by atoms with van der Waals surface area (Å²) in [5.74, 6) is 0.557. The first-order valence-electron chi connectivity index (χ1n) is 8.29. The van der Waals surface area contributed by atoms with E-state index in [-0.39, 0.29) is 11.0 Å². The molecule has 0 aliphatic heterocycles. The lowest BCUT2D eigenvalue weighted by Gasteiger charge is -2.14. The first kappa shape index (κ1) is 19.8. The van der Waals surface area contributed by atoms with E-state index in [0.29, 0.717) is 22.2 Å². The molecule has 1 aromatic carbocycles. The number of carboxylic acids is 1. The monoisotopic (exact) mass is 376 g/mol. The highest BCUT2D eigenvalue weighted by molar-refractivity contribution is 8.04. The largest absolute Gasteiger partial charge is 0.544 e. The van der Waals surface area contributed by atoms with Crippen LogP contribution >= 0.6 is 11.8 Å². The van der Waals surface area contributed by atoms with Crippen LogP contribution in [0.15, 0.2) is 28.3 Å². The second-order valence-electron chi connectivity index (χ2n) is 5.79. The van der Waals surface area contributed by atoms with Gasteiger partial charge in [0.2, 0.25) is 5.16 Å². The molecule has 8 heteroatoms. The predicted molar refractivity (Wildman–Crippen MR) is 98.0 cm³/mol. The van der Waals surface area contributed by atoms with Gasteiger partial charge in [0.25, 0.3) is 0 Å². The second-order valence-corrected chi connectivity index (χ2v) is 6.80. The fourth-order valence-corrected chi connectivity index (χ4v) is 2.90. The molecule has 0 aliphatic carbocycles. The SMILES string of the molecule is CCCc1nc(S/C(=C/c2ccc(OC(C)C)c(OC)c2)C(=O)[O-])n[nH]1. The van der Waals surface area contributed by atoms with Gasteiger partial charge in [-0.1, -0.05) is 13.0 Å². The molecule has 140 valence electrons. The third-order valence-electron chi connectivity index (χ3n) is 3.25. The number of hydrogen-bond acceptors (Lipinski definition) is 7. The molecule has 0 unspecified atom stereocenters. The first-order chi connectivity index (χ1) is 12.4. The molecule has 0 bridgehead atoms. The zero-order valence-electron chi connectivity index (χ0n) is 15.2. The molecule has 0 radical (unpaired) electrons. The molecule has 26 heavy (non-hydrogen) atoms. The first-order valence-corrected chi connectivity index (χ1v) is 9.11. The molecule has 0 fully saturated rings. The van der Waals surface area contributed by atoms with E-state index in [1.807, 2.05) is 20.8 Å². The number of aryl methyl sites for hydroxylation is 1. The van der Waals surface area contributed by atoms with Gasteiger partial charge >= 0.3 is 0 Å². The molecule has 0 spiro atoms. The summed E-state index contributed by atoms with van der Waals surface area (Å²) < 4.78 is 11.0. The molecule has 0 saturated heterocycles. The average Bonchev–Trinajstić information content (AvgIpc) is 3.02. The number of aromatic nitrogens is 3. The van der Waals surface area contributed by atoms with Gasteiger partial charge in [0.1, 0.15) is 5.82 Å². The van der Waals surface area contributed by atoms with Crippen LogP contribution in [-0.4, -0.2) is 34.4 Å². The fourth-order valence-electron chi connectivity index (χ4n) is 2.18. The lowest BCUT2D eigenvalue weighted by molar-refractivity contribution is -0.297. The highest BCUT2D eigenvalue weighted by Gasteiger charge is 2.11. The molecule has 1 aromatic heterocycles. The Balaban J connectivity index is 2.25. The lowest BCUT2D eigenvalue weighted by atomic mass is 10.2. The third-order valence-corrected chi connectivity index (χ3v) is 4.12. The van der Waals surface area contributed by atoms with Gasteiger partial charge in [0.05, 0.1) is 19.2 Å². The number of ether oxygens (including phenoxy) is 2. The Morgan fingerprint density at radius 2 is 2.15 bits per heavy atom. The zero-order chi connectivity index (χ0) is 19.1. The Labute approximate surface area is 156 Å². The van der Waals surface area contributed by atoms with E-state index < -0.39 is 5.97 Å². The van der Waals surface area contributed by atoms with Crippen LogP contribution in [0.1, 0.15) is 38.6 Å². The summed E-state index contributed by atoms with van der Waals surface area (Å²) in [6, 6.07) is 5.21. The average molecular weight is 376 g/mol. The van der Waals surface area contributed by atoms with E-state index in [2.05, 4.69) is 15.2 Å². The summed E-state index contributed by atoms with van der Waals surface area (Å²) >= 11 is 0.940. The van der Waals surface area contributed by atoms with Crippen molar-refractivity contribution >= 4 is 23.8 Å². The summed E-state index contributed by atoms with van der Waals surface area (Å²) in [6.07, 6.45) is 3.18. The standard InChI is InChI=1S/C18H23N3O4S/c1-5-6-16-19-18(21-20-16)26-15(17(22)23)10-12-7-8-13(25-11(2)3)14(9-12)24-4/h7-11H,5-6H2,1-4H3,(H,22,23)(H,19,20,21)/p-1/b15-10+. The van der Waals surface area contributed by atoms with Crippen molar-refractivity contribution in [3.05, 3.63) is 34.5 Å². The minimum absolute atomic E-state index is 0.00249. The van der Waals surface area contributed by atoms with Crippen molar-refractivity contribution in [1.82, 2.24) is 15.2 Å². The summed E-state index contributed by atoms with van der Waals surface area (Å²) in [7, 11) is 1.54. The maximum absolute atomic E-state index is 11.5. The van der Waals surface area contributed by atoms with E-state index in [0.717, 1.165) is 30.4 Å². The maximum atomic E-state index is 11.5. The van der Waals surface area contributed by atoms with Crippen LogP contribution in [0.2, 0.25) is 0 Å². The van der Waals surface area contributed by atoms with Crippen LogP contribution in [0.3, 0.4) is 0 Å². The zero-order valence-corrected chi connectivity index (χ0v) is 16.1. The lowest BCUT2D eigenvalue weighted by Crippen LogP contribution is -2.23. The molecule has 0 saturated carbocycles. The van der Waals surface area contributed by atoms with Gasteiger partial charge in [-0.15, -0.1) is 5.10 Å². The molecule has 7 nitrogen and oxygen atoms in total. The van der Waals surface area contributed by atoms with Gasteiger partial charge in [0, 0.05) is 11.3 Å². The smallest absolute Gasteiger partial charge is 0.213 e. The number of aromatic amines is 1. The molecular weight excluding hydrogens is 354 g/mol. The number of methoxy groups -OCH3 is 1. The molecule has 0 aliphatic rings. The second kappa shape index (κ2) is 9.28. The summed E-state index contributed by atoms with van der Waals surface area (Å²) in [5.41, 5.74) is 0.647. The minimum atomic E-state index is -1.29. The van der Waals surface area contributed by atoms with Gasteiger partial charge in [-0.05, 0) is 55.8 Å². The van der Waals surface area contributed by atoms with Crippen LogP contribution < -0.4 is 14.6 Å². The topological polar surface area (TPSA) is 100 Å². The van der Waals surface area contributed by atoms with Gasteiger partial charge in [0.15, 0.2) is 11.5 Å². The Bertz CT molecular complexity index is 786. The number of rotatable bonds is 9. The normalized spacial score (nSPS) is 11.7. The van der Waals surface area contributed by atoms with Gasteiger partial charge in [-0.3, -0.25) is 5.10 Å². The van der Waals surface area contributed by atoms with E-state index in [9.17, 15) is 9.90 Å². The number of H-pyrrole nitrogens is 1. The van der Waals surface area contributed by atoms with E-state index in [1.54, 1.807) is 18.2 Å². The molecule has 0 atom stereocenters. The van der Waals surface area contributed by atoms with Crippen molar-refractivity contribution in [1.29, 1.82) is 0 Å². The number of carbonyl (C=O) groups excluding carboxylic acids is 1. The van der Waals surface area contributed by atoms with Crippen molar-refractivity contribution in [2.24, 2.45) is 0 Å². The van der Waals surface area contributed by atoms with Gasteiger partial charge in [-0.2, -0.15) is 0 Å². The molecule has 0 amide bonds. The number of carboxylic acid groups (broad SMARTS) is 1. The Morgan fingerprint density at radius 3 is 2.77 bits per heavy atom. The number of nitrogens with one attached hydrogen (secondary N) is 1.